The number of ketones is 1. The molecule has 23 nitrogen and oxygen atoms in total. The molecule has 0 aliphatic rings. The summed E-state index contributed by atoms with van der Waals surface area (Å²) in [5, 5.41) is 46.0. The molecule has 0 heterocycles. The molecule has 4 aromatic rings. The smallest absolute Gasteiger partial charge is 0.346 e. The lowest BCUT2D eigenvalue weighted by atomic mass is 10.1. The van der Waals surface area contributed by atoms with Gasteiger partial charge in [0.2, 0.25) is 5.51 Å². The highest BCUT2D eigenvalue weighted by molar-refractivity contribution is 7.87. The van der Waals surface area contributed by atoms with E-state index in [1.54, 1.807) is 37.5 Å². The molecule has 0 saturated carbocycles. The van der Waals surface area contributed by atoms with Crippen LogP contribution >= 0.6 is 0 Å². The van der Waals surface area contributed by atoms with Gasteiger partial charge in [-0.05, 0) is 88.4 Å². The van der Waals surface area contributed by atoms with E-state index < -0.39 is 101 Å². The van der Waals surface area contributed by atoms with Crippen molar-refractivity contribution < 1.29 is 63.5 Å². The van der Waals surface area contributed by atoms with Crippen molar-refractivity contribution in [3.05, 3.63) is 148 Å². The Morgan fingerprint density at radius 3 is 1.33 bits per heavy atom. The van der Waals surface area contributed by atoms with Crippen LogP contribution in [-0.2, 0) is 29.9 Å². The lowest BCUT2D eigenvalue weighted by Gasteiger charge is -2.22. The number of nitrogens with zero attached hydrogens (tertiary/aromatic N) is 7. The second-order valence-electron chi connectivity index (χ2n) is 13.1. The minimum atomic E-state index is -5.13. The molecule has 0 bridgehead atoms. The van der Waals surface area contributed by atoms with E-state index in [0.29, 0.717) is 74.0 Å². The first-order chi connectivity index (χ1) is 31.0. The average molecular weight is 962 g/mol. The normalized spacial score (nSPS) is 12.0. The van der Waals surface area contributed by atoms with Crippen molar-refractivity contribution in [3.63, 3.8) is 0 Å². The first-order valence-electron chi connectivity index (χ1n) is 19.0. The summed E-state index contributed by atoms with van der Waals surface area (Å²) < 4.78 is 91.6. The first kappa shape index (κ1) is 50.7. The summed E-state index contributed by atoms with van der Waals surface area (Å²) in [6, 6.07) is 11.6. The summed E-state index contributed by atoms with van der Waals surface area (Å²) in [6.45, 7) is 8.82. The van der Waals surface area contributed by atoms with Crippen LogP contribution in [0.15, 0.2) is 107 Å². The third-order valence-electron chi connectivity index (χ3n) is 9.20. The molecule has 0 aromatic heterocycles. The molecular weight excluding hydrogens is 925 g/mol. The van der Waals surface area contributed by atoms with Crippen LogP contribution in [0.4, 0.5) is 43.1 Å². The minimum Gasteiger partial charge on any atom is -0.378 e. The zero-order valence-electron chi connectivity index (χ0n) is 34.9. The van der Waals surface area contributed by atoms with Gasteiger partial charge in [0.05, 0.1) is 31.8 Å². The Morgan fingerprint density at radius 2 is 0.985 bits per heavy atom. The summed E-state index contributed by atoms with van der Waals surface area (Å²) in [5.41, 5.74) is -5.16. The summed E-state index contributed by atoms with van der Waals surface area (Å²) >= 11 is 0. The van der Waals surface area contributed by atoms with Crippen LogP contribution in [0.5, 0.6) is 11.5 Å². The molecule has 0 atom stereocenters. The van der Waals surface area contributed by atoms with E-state index in [2.05, 4.69) is 4.84 Å². The number of nitro benzene ring substituents is 4. The summed E-state index contributed by atoms with van der Waals surface area (Å²) in [4.78, 5) is 60.7. The van der Waals surface area contributed by atoms with Gasteiger partial charge in [-0.2, -0.15) is 16.8 Å². The van der Waals surface area contributed by atoms with E-state index in [0.717, 1.165) is 30.4 Å². The average Bonchev–Trinajstić information content (AvgIpc) is 3.25. The summed E-state index contributed by atoms with van der Waals surface area (Å²) in [7, 11) is -10.2. The Hall–Kier alpha value is -7.91. The van der Waals surface area contributed by atoms with E-state index in [1.807, 2.05) is 0 Å². The van der Waals surface area contributed by atoms with E-state index in [-0.39, 0.29) is 11.1 Å². The fourth-order valence-corrected chi connectivity index (χ4v) is 8.22. The van der Waals surface area contributed by atoms with Crippen molar-refractivity contribution >= 4 is 72.3 Å². The van der Waals surface area contributed by atoms with Crippen LogP contribution in [0.3, 0.4) is 0 Å². The van der Waals surface area contributed by atoms with Crippen molar-refractivity contribution in [1.29, 1.82) is 0 Å². The predicted octanol–water partition coefficient (Wildman–Crippen LogP) is 7.73. The molecule has 0 aliphatic heterocycles. The molecule has 350 valence electrons. The van der Waals surface area contributed by atoms with Crippen LogP contribution in [0.1, 0.15) is 38.8 Å². The number of benzene rings is 4. The molecule has 0 unspecified atom stereocenters. The number of non-ortho nitro benzene ring substituents is 2. The van der Waals surface area contributed by atoms with Crippen molar-refractivity contribution in [3.8, 4) is 11.5 Å². The number of hydrogen-bond donors (Lipinski definition) is 0. The zero-order chi connectivity index (χ0) is 49.1. The second kappa shape index (κ2) is 21.6. The van der Waals surface area contributed by atoms with Gasteiger partial charge in [-0.3, -0.25) is 45.3 Å². The van der Waals surface area contributed by atoms with Crippen molar-refractivity contribution in [2.75, 3.05) is 36.0 Å². The highest BCUT2D eigenvalue weighted by atomic mass is 32.2. The molecule has 0 aliphatic carbocycles. The highest BCUT2D eigenvalue weighted by Crippen LogP contribution is 2.36. The first-order valence-corrected chi connectivity index (χ1v) is 21.8. The van der Waals surface area contributed by atoms with Crippen LogP contribution in [0.25, 0.3) is 12.2 Å². The number of anilines is 2. The fraction of sp³-hybridized carbons (Fsp3) is 0.205. The molecule has 4 aromatic carbocycles. The Morgan fingerprint density at radius 1 is 0.591 bits per heavy atom. The van der Waals surface area contributed by atoms with Gasteiger partial charge in [0, 0.05) is 79.0 Å². The number of halogens is 2. The van der Waals surface area contributed by atoms with E-state index in [1.165, 1.54) is 36.4 Å². The van der Waals surface area contributed by atoms with E-state index in [9.17, 15) is 71.0 Å². The Balaban J connectivity index is 1.77. The second-order valence-corrected chi connectivity index (χ2v) is 16.1. The van der Waals surface area contributed by atoms with Gasteiger partial charge < -0.3 is 23.0 Å². The lowest BCUT2D eigenvalue weighted by Crippen LogP contribution is -2.22. The van der Waals surface area contributed by atoms with E-state index in [4.69, 9.17) is 8.37 Å². The third kappa shape index (κ3) is 12.6. The van der Waals surface area contributed by atoms with Crippen LogP contribution in [-0.4, -0.2) is 74.0 Å². The Kier molecular flexibility index (Phi) is 16.6. The van der Waals surface area contributed by atoms with Gasteiger partial charge in [0.1, 0.15) is 0 Å². The minimum absolute atomic E-state index is 0.124. The molecule has 0 fully saturated rings. The van der Waals surface area contributed by atoms with Gasteiger partial charge in [0.25, 0.3) is 22.7 Å². The lowest BCUT2D eigenvalue weighted by molar-refractivity contribution is -0.396. The number of hydrogen-bond acceptors (Lipinski definition) is 19. The number of nitro groups is 4. The number of carbonyl (C=O) groups is 1. The number of carbonyl (C=O) groups excluding carboxylic acids is 1. The van der Waals surface area contributed by atoms with Crippen molar-refractivity contribution in [2.24, 2.45) is 0 Å². The maximum atomic E-state index is 13.5. The van der Waals surface area contributed by atoms with Gasteiger partial charge in [-0.1, -0.05) is 8.96 Å². The molecule has 4 rings (SSSR count). The Labute approximate surface area is 373 Å². The quantitative estimate of drug-likeness (QED) is 0.0131. The van der Waals surface area contributed by atoms with Crippen molar-refractivity contribution in [1.82, 2.24) is 5.51 Å². The molecule has 0 amide bonds. The van der Waals surface area contributed by atoms with Gasteiger partial charge in [-0.15, -0.1) is 0 Å². The molecule has 27 heteroatoms. The monoisotopic (exact) mass is 961 g/mol. The molecule has 0 radical (unpaired) electrons. The van der Waals surface area contributed by atoms with Crippen LogP contribution < -0.4 is 18.2 Å². The molecule has 0 saturated heterocycles. The highest BCUT2D eigenvalue weighted by Gasteiger charge is 2.33. The molecule has 0 N–H and O–H groups in total. The summed E-state index contributed by atoms with van der Waals surface area (Å²) in [5.74, 6) is -2.90. The van der Waals surface area contributed by atoms with Crippen LogP contribution in [0, 0.1) is 40.5 Å². The van der Waals surface area contributed by atoms with Crippen LogP contribution in [0.2, 0.25) is 0 Å². The fourth-order valence-electron chi connectivity index (χ4n) is 6.03. The van der Waals surface area contributed by atoms with Gasteiger partial charge in [0.15, 0.2) is 32.8 Å². The number of allylic oxidation sites excluding steroid dienone is 3. The Bertz CT molecular complexity index is 2870. The maximum absolute atomic E-state index is 13.5. The zero-order valence-corrected chi connectivity index (χ0v) is 36.5. The van der Waals surface area contributed by atoms with Gasteiger partial charge in [-0.25, -0.2) is 0 Å². The third-order valence-corrected chi connectivity index (χ3v) is 11.8. The van der Waals surface area contributed by atoms with Gasteiger partial charge >= 0.3 is 20.2 Å². The topological polar surface area (TPSA) is 295 Å². The molecule has 66 heavy (non-hydrogen) atoms. The summed E-state index contributed by atoms with van der Waals surface area (Å²) in [6.07, 6.45) is 4.14. The molecule has 0 spiro atoms. The van der Waals surface area contributed by atoms with E-state index >= 15 is 0 Å². The maximum Gasteiger partial charge on any atom is 0.346 e. The number of rotatable bonds is 23. The predicted molar refractivity (Wildman–Crippen MR) is 231 cm³/mol. The SMILES string of the molecule is CCN(CC)c1ccc(/C=C/C(=O)/C=C(/C=C/c2ccc(N(CC)CC)cc2OS(=O)(=O)c2ccc([N+](=O)[O-])cc2[N+](=O)[O-])ON(F)F)c(OS(=O)(=O)c2ccc([N+](=O)[O-])cc2[N+](=O)[O-])c1. The largest absolute Gasteiger partial charge is 0.378 e. The van der Waals surface area contributed by atoms with Crippen molar-refractivity contribution in [2.45, 2.75) is 37.5 Å². The standard InChI is InChI=1S/C39H37F2N7O16S2/c1-5-42(6-2)28-13-9-26(36(23-28)63-65(58,59)38-19-15-30(44(50)51)21-34(38)46(54)55)11-17-32(49)25-33(62-48(40)41)18-12-27-10-14-29(43(7-3)8-4)24-37(27)64-66(60,61)39-20-16-31(45(52)53)22-35(39)47(56)57/h9-25H,5-8H2,1-4H3/b17-11+,18-12+,33-25-. The molecular formula is C39H37F2N7O16S2.